The minimum Gasteiger partial charge on any atom is -0.192 e. The molecule has 0 aliphatic rings. The molecule has 0 radical (unpaired) electrons. The van der Waals surface area contributed by atoms with E-state index in [2.05, 4.69) is 45.9 Å². The van der Waals surface area contributed by atoms with Gasteiger partial charge in [-0.15, -0.1) is 0 Å². The quantitative estimate of drug-likeness (QED) is 0.661. The predicted molar refractivity (Wildman–Crippen MR) is 59.2 cm³/mol. The molecular weight excluding hydrogens is 170 g/mol. The summed E-state index contributed by atoms with van der Waals surface area (Å²) < 4.78 is 0. The number of hydrogen-bond donors (Lipinski definition) is 0. The van der Waals surface area contributed by atoms with Gasteiger partial charge >= 0.3 is 0 Å². The standard InChI is InChI=1S/C13H17N/c1-5-10-6-7-12(13(2,3)4)11(8-10)9-14/h6-8H,5H2,1-4H3. The third-order valence-electron chi connectivity index (χ3n) is 2.42. The van der Waals surface area contributed by atoms with E-state index in [-0.39, 0.29) is 5.41 Å². The fraction of sp³-hybridized carbons (Fsp3) is 0.462. The van der Waals surface area contributed by atoms with E-state index < -0.39 is 0 Å². The van der Waals surface area contributed by atoms with Gasteiger partial charge < -0.3 is 0 Å². The molecule has 1 nitrogen and oxygen atoms in total. The smallest absolute Gasteiger partial charge is 0.0994 e. The van der Waals surface area contributed by atoms with Crippen LogP contribution in [-0.2, 0) is 11.8 Å². The summed E-state index contributed by atoms with van der Waals surface area (Å²) in [6.45, 7) is 8.51. The van der Waals surface area contributed by atoms with Crippen molar-refractivity contribution in [3.05, 3.63) is 34.9 Å². The van der Waals surface area contributed by atoms with Crippen LogP contribution in [0.15, 0.2) is 18.2 Å². The van der Waals surface area contributed by atoms with Gasteiger partial charge in [-0.1, -0.05) is 39.8 Å². The van der Waals surface area contributed by atoms with Crippen LogP contribution in [0.3, 0.4) is 0 Å². The van der Waals surface area contributed by atoms with E-state index in [0.717, 1.165) is 17.5 Å². The Morgan fingerprint density at radius 1 is 1.29 bits per heavy atom. The van der Waals surface area contributed by atoms with Crippen LogP contribution in [0, 0.1) is 11.3 Å². The zero-order valence-corrected chi connectivity index (χ0v) is 9.39. The van der Waals surface area contributed by atoms with Gasteiger partial charge in [0.05, 0.1) is 11.6 Å². The lowest BCUT2D eigenvalue weighted by Crippen LogP contribution is -2.13. The maximum absolute atomic E-state index is 9.05. The first-order valence-corrected chi connectivity index (χ1v) is 5.02. The third kappa shape index (κ3) is 2.14. The lowest BCUT2D eigenvalue weighted by atomic mass is 9.83. The molecule has 0 saturated heterocycles. The molecule has 0 aliphatic heterocycles. The molecule has 0 bridgehead atoms. The van der Waals surface area contributed by atoms with Crippen LogP contribution in [0.25, 0.3) is 0 Å². The van der Waals surface area contributed by atoms with Crippen LogP contribution in [0.2, 0.25) is 0 Å². The fourth-order valence-corrected chi connectivity index (χ4v) is 1.56. The van der Waals surface area contributed by atoms with E-state index in [1.807, 2.05) is 6.07 Å². The Hall–Kier alpha value is -1.29. The van der Waals surface area contributed by atoms with Crippen molar-refractivity contribution < 1.29 is 0 Å². The molecule has 1 aromatic rings. The predicted octanol–water partition coefficient (Wildman–Crippen LogP) is 3.42. The lowest BCUT2D eigenvalue weighted by molar-refractivity contribution is 0.588. The zero-order chi connectivity index (χ0) is 10.8. The molecule has 1 rings (SSSR count). The van der Waals surface area contributed by atoms with Crippen LogP contribution in [-0.4, -0.2) is 0 Å². The summed E-state index contributed by atoms with van der Waals surface area (Å²) in [5.74, 6) is 0. The van der Waals surface area contributed by atoms with Gasteiger partial charge in [-0.05, 0) is 29.0 Å². The molecule has 0 N–H and O–H groups in total. The molecule has 14 heavy (non-hydrogen) atoms. The highest BCUT2D eigenvalue weighted by atomic mass is 14.3. The summed E-state index contributed by atoms with van der Waals surface area (Å²) >= 11 is 0. The van der Waals surface area contributed by atoms with Crippen LogP contribution >= 0.6 is 0 Å². The van der Waals surface area contributed by atoms with Gasteiger partial charge in [0.1, 0.15) is 0 Å². The summed E-state index contributed by atoms with van der Waals surface area (Å²) in [5, 5.41) is 9.05. The SMILES string of the molecule is CCc1ccc(C(C)(C)C)c(C#N)c1. The van der Waals surface area contributed by atoms with E-state index in [4.69, 9.17) is 5.26 Å². The summed E-state index contributed by atoms with van der Waals surface area (Å²) in [6.07, 6.45) is 0.985. The van der Waals surface area contributed by atoms with E-state index in [1.165, 1.54) is 5.56 Å². The fourth-order valence-electron chi connectivity index (χ4n) is 1.56. The average Bonchev–Trinajstić information content (AvgIpc) is 2.15. The topological polar surface area (TPSA) is 23.8 Å². The maximum Gasteiger partial charge on any atom is 0.0994 e. The third-order valence-corrected chi connectivity index (χ3v) is 2.42. The molecular formula is C13H17N. The maximum atomic E-state index is 9.05. The van der Waals surface area contributed by atoms with E-state index in [0.29, 0.717) is 0 Å². The Morgan fingerprint density at radius 3 is 2.36 bits per heavy atom. The molecule has 0 aliphatic carbocycles. The summed E-state index contributed by atoms with van der Waals surface area (Å²) in [4.78, 5) is 0. The molecule has 0 amide bonds. The van der Waals surface area contributed by atoms with E-state index in [9.17, 15) is 0 Å². The molecule has 0 unspecified atom stereocenters. The average molecular weight is 187 g/mol. The second-order valence-electron chi connectivity index (χ2n) is 4.60. The van der Waals surface area contributed by atoms with Crippen LogP contribution in [0.4, 0.5) is 0 Å². The number of nitrogens with zero attached hydrogens (tertiary/aromatic N) is 1. The molecule has 1 aromatic carbocycles. The summed E-state index contributed by atoms with van der Waals surface area (Å²) in [5.41, 5.74) is 3.24. The summed E-state index contributed by atoms with van der Waals surface area (Å²) in [7, 11) is 0. The van der Waals surface area contributed by atoms with Gasteiger partial charge in [0.2, 0.25) is 0 Å². The van der Waals surface area contributed by atoms with E-state index in [1.54, 1.807) is 0 Å². The Bertz CT molecular complexity index is 364. The first-order valence-electron chi connectivity index (χ1n) is 5.02. The minimum atomic E-state index is 0.0529. The molecule has 0 aromatic heterocycles. The van der Waals surface area contributed by atoms with E-state index >= 15 is 0 Å². The Kier molecular flexibility index (Phi) is 2.96. The van der Waals surface area contributed by atoms with Crippen molar-refractivity contribution in [2.24, 2.45) is 0 Å². The monoisotopic (exact) mass is 187 g/mol. The van der Waals surface area contributed by atoms with Gasteiger partial charge in [-0.2, -0.15) is 5.26 Å². The molecule has 0 saturated carbocycles. The number of benzene rings is 1. The van der Waals surface area contributed by atoms with Crippen molar-refractivity contribution in [2.45, 2.75) is 39.5 Å². The number of rotatable bonds is 1. The molecule has 0 heterocycles. The van der Waals surface area contributed by atoms with Gasteiger partial charge in [0.25, 0.3) is 0 Å². The van der Waals surface area contributed by atoms with Gasteiger partial charge in [0, 0.05) is 0 Å². The van der Waals surface area contributed by atoms with Crippen LogP contribution < -0.4 is 0 Å². The molecule has 1 heteroatoms. The van der Waals surface area contributed by atoms with Crippen molar-refractivity contribution >= 4 is 0 Å². The normalized spacial score (nSPS) is 11.1. The van der Waals surface area contributed by atoms with Gasteiger partial charge in [-0.3, -0.25) is 0 Å². The highest BCUT2D eigenvalue weighted by molar-refractivity contribution is 5.44. The van der Waals surface area contributed by atoms with Gasteiger partial charge in [-0.25, -0.2) is 0 Å². The van der Waals surface area contributed by atoms with Crippen molar-refractivity contribution in [2.75, 3.05) is 0 Å². The minimum absolute atomic E-state index is 0.0529. The van der Waals surface area contributed by atoms with Crippen molar-refractivity contribution in [1.82, 2.24) is 0 Å². The van der Waals surface area contributed by atoms with Crippen molar-refractivity contribution in [1.29, 1.82) is 5.26 Å². The Balaban J connectivity index is 3.28. The molecule has 74 valence electrons. The van der Waals surface area contributed by atoms with Crippen LogP contribution in [0.1, 0.15) is 44.4 Å². The van der Waals surface area contributed by atoms with Crippen molar-refractivity contribution in [3.63, 3.8) is 0 Å². The first kappa shape index (κ1) is 10.8. The van der Waals surface area contributed by atoms with Crippen molar-refractivity contribution in [3.8, 4) is 6.07 Å². The number of aryl methyl sites for hydroxylation is 1. The highest BCUT2D eigenvalue weighted by Crippen LogP contribution is 2.26. The zero-order valence-electron chi connectivity index (χ0n) is 9.39. The Morgan fingerprint density at radius 2 is 1.93 bits per heavy atom. The molecule has 0 fully saturated rings. The lowest BCUT2D eigenvalue weighted by Gasteiger charge is -2.20. The number of nitriles is 1. The second-order valence-corrected chi connectivity index (χ2v) is 4.60. The molecule has 0 spiro atoms. The number of hydrogen-bond acceptors (Lipinski definition) is 1. The summed E-state index contributed by atoms with van der Waals surface area (Å²) in [6, 6.07) is 8.47. The van der Waals surface area contributed by atoms with Gasteiger partial charge in [0.15, 0.2) is 0 Å². The highest BCUT2D eigenvalue weighted by Gasteiger charge is 2.17. The Labute approximate surface area is 86.4 Å². The second kappa shape index (κ2) is 3.84. The molecule has 0 atom stereocenters. The van der Waals surface area contributed by atoms with Crippen LogP contribution in [0.5, 0.6) is 0 Å². The largest absolute Gasteiger partial charge is 0.192 e. The first-order chi connectivity index (χ1) is 6.49.